The van der Waals surface area contributed by atoms with Crippen molar-refractivity contribution >= 4 is 3.21 Å². The summed E-state index contributed by atoms with van der Waals surface area (Å²) in [6, 6.07) is 15.2. The first kappa shape index (κ1) is 39.0. The molecule has 7 aliphatic carbocycles. The topological polar surface area (TPSA) is 0 Å². The van der Waals surface area contributed by atoms with Crippen molar-refractivity contribution in [2.75, 3.05) is 0 Å². The van der Waals surface area contributed by atoms with Gasteiger partial charge in [0.05, 0.1) is 0 Å². The summed E-state index contributed by atoms with van der Waals surface area (Å²) < 4.78 is 1.80. The Morgan fingerprint density at radius 1 is 0.766 bits per heavy atom. The number of rotatable bonds is 1. The summed E-state index contributed by atoms with van der Waals surface area (Å²) in [5.41, 5.74) is 11.0. The van der Waals surface area contributed by atoms with Gasteiger partial charge < -0.3 is 24.8 Å². The van der Waals surface area contributed by atoms with Crippen LogP contribution in [0.5, 0.6) is 0 Å². The average Bonchev–Trinajstić information content (AvgIpc) is 3.51. The van der Waals surface area contributed by atoms with E-state index < -0.39 is 0 Å². The SMILES string of the molecule is CC(C)(C)c1[c-]c2c(cc1)-c1ccc(C(C)(C)C)cc1C2.CC1=CC(C)(C23CC4CC(CC(C4)C2)C3)C=[C-]1.[Cl-].[Cl-].[Zr+2]=[C]1CCCCC1. The molecule has 0 saturated heterocycles. The third-order valence-corrected chi connectivity index (χ3v) is 13.4. The van der Waals surface area contributed by atoms with E-state index in [1.807, 2.05) is 0 Å². The number of hydrogen-bond acceptors (Lipinski definition) is 0. The fraction of sp³-hybridized carbons (Fsp3) is 0.614. The molecule has 0 spiro atoms. The zero-order chi connectivity index (χ0) is 32.2. The first-order valence-corrected chi connectivity index (χ1v) is 19.4. The van der Waals surface area contributed by atoms with Crippen LogP contribution in [0.2, 0.25) is 0 Å². The molecule has 5 saturated carbocycles. The molecule has 1 unspecified atom stereocenters. The summed E-state index contributed by atoms with van der Waals surface area (Å²) in [4.78, 5) is 0. The van der Waals surface area contributed by atoms with E-state index in [0.29, 0.717) is 10.8 Å². The van der Waals surface area contributed by atoms with E-state index in [1.165, 1.54) is 90.3 Å². The molecule has 0 amide bonds. The van der Waals surface area contributed by atoms with Crippen molar-refractivity contribution in [1.82, 2.24) is 0 Å². The molecule has 0 N–H and O–H groups in total. The van der Waals surface area contributed by atoms with Gasteiger partial charge in [-0.1, -0.05) is 84.6 Å². The Hall–Kier alpha value is -0.747. The van der Waals surface area contributed by atoms with Gasteiger partial charge in [-0.25, -0.2) is 11.6 Å². The van der Waals surface area contributed by atoms with Crippen molar-refractivity contribution in [3.8, 4) is 11.1 Å². The molecule has 2 aromatic rings. The summed E-state index contributed by atoms with van der Waals surface area (Å²) in [5, 5.41) is 0. The maximum atomic E-state index is 3.67. The van der Waals surface area contributed by atoms with Crippen LogP contribution < -0.4 is 24.8 Å². The Morgan fingerprint density at radius 2 is 1.34 bits per heavy atom. The molecule has 0 radical (unpaired) electrons. The van der Waals surface area contributed by atoms with E-state index in [2.05, 4.69) is 110 Å². The van der Waals surface area contributed by atoms with Crippen molar-refractivity contribution < 1.29 is 49.0 Å². The molecule has 0 aromatic heterocycles. The van der Waals surface area contributed by atoms with E-state index in [1.54, 1.807) is 46.7 Å². The maximum absolute atomic E-state index is 3.67. The molecule has 0 heterocycles. The van der Waals surface area contributed by atoms with Crippen molar-refractivity contribution in [2.24, 2.45) is 28.6 Å². The van der Waals surface area contributed by atoms with Gasteiger partial charge in [-0.05, 0) is 90.1 Å². The Morgan fingerprint density at radius 3 is 1.81 bits per heavy atom. The molecule has 4 bridgehead atoms. The molecule has 0 nitrogen and oxygen atoms in total. The van der Waals surface area contributed by atoms with Gasteiger partial charge in [-0.2, -0.15) is 29.8 Å². The first-order valence-electron chi connectivity index (χ1n) is 18.2. The molecule has 5 fully saturated rings. The minimum absolute atomic E-state index is 0. The molecular weight excluding hydrogens is 691 g/mol. The van der Waals surface area contributed by atoms with Crippen LogP contribution in [0.3, 0.4) is 0 Å². The van der Waals surface area contributed by atoms with E-state index in [-0.39, 0.29) is 35.6 Å². The molecule has 2 aromatic carbocycles. The number of fused-ring (bicyclic) bond motifs is 3. The predicted molar refractivity (Wildman–Crippen MR) is 189 cm³/mol. The monoisotopic (exact) mass is 746 g/mol. The standard InChI is InChI=1S/C21H25.C17H23.C6H10.2ClH.Zr/c1-20(2,3)16-7-9-18-14(12-16)11-15-13-17(21(4,5)6)8-10-19(15)18;1-12-3-4-16(2,8-12)17-9-13-5-14(10-17)7-15(6-13)11-17;1-2-4-6-5-3-1;;;/h7-10,12H,11H2,1-6H3;4,8,13-15H,5-7,9-11H2,1-2H3;1-5H2;2*1H;/q2*-1;;;;+2/p-2. The van der Waals surface area contributed by atoms with Crippen LogP contribution in [-0.2, 0) is 41.5 Å². The van der Waals surface area contributed by atoms with Gasteiger partial charge in [0.1, 0.15) is 0 Å². The number of allylic oxidation sites excluding steroid dienone is 4. The van der Waals surface area contributed by atoms with Crippen LogP contribution in [0.4, 0.5) is 0 Å². The Bertz CT molecular complexity index is 1390. The summed E-state index contributed by atoms with van der Waals surface area (Å²) in [6.07, 6.45) is 25.9. The molecular formula is C44H58Cl2Zr-2. The van der Waals surface area contributed by atoms with Crippen LogP contribution in [0.1, 0.15) is 148 Å². The van der Waals surface area contributed by atoms with E-state index >= 15 is 0 Å². The normalized spacial score (nSPS) is 29.7. The zero-order valence-electron chi connectivity index (χ0n) is 30.5. The molecule has 7 aliphatic rings. The Balaban J connectivity index is 0.000000173. The second-order valence-corrected chi connectivity index (χ2v) is 19.8. The van der Waals surface area contributed by atoms with E-state index in [9.17, 15) is 0 Å². The average molecular weight is 749 g/mol. The van der Waals surface area contributed by atoms with Gasteiger partial charge in [0.2, 0.25) is 0 Å². The van der Waals surface area contributed by atoms with Crippen LogP contribution in [0.15, 0.2) is 48.1 Å². The molecule has 254 valence electrons. The van der Waals surface area contributed by atoms with Crippen molar-refractivity contribution in [3.63, 3.8) is 0 Å². The van der Waals surface area contributed by atoms with Gasteiger partial charge in [-0.15, -0.1) is 11.1 Å². The zero-order valence-corrected chi connectivity index (χ0v) is 34.5. The van der Waals surface area contributed by atoms with Crippen molar-refractivity contribution in [1.29, 1.82) is 0 Å². The molecule has 47 heavy (non-hydrogen) atoms. The second-order valence-electron chi connectivity index (χ2n) is 18.1. The molecule has 0 aliphatic heterocycles. The first-order chi connectivity index (χ1) is 21.1. The predicted octanol–water partition coefficient (Wildman–Crippen LogP) is 5.86. The van der Waals surface area contributed by atoms with E-state index in [4.69, 9.17) is 0 Å². The van der Waals surface area contributed by atoms with Crippen molar-refractivity contribution in [3.05, 3.63) is 82.5 Å². The summed E-state index contributed by atoms with van der Waals surface area (Å²) >= 11 is 1.69. The molecule has 1 atom stereocenters. The number of halogens is 2. The van der Waals surface area contributed by atoms with Gasteiger partial charge in [0, 0.05) is 0 Å². The van der Waals surface area contributed by atoms with Gasteiger partial charge in [0.25, 0.3) is 0 Å². The quantitative estimate of drug-likeness (QED) is 0.274. The van der Waals surface area contributed by atoms with Crippen LogP contribution in [-0.4, -0.2) is 3.21 Å². The van der Waals surface area contributed by atoms with Gasteiger partial charge in [0.15, 0.2) is 0 Å². The van der Waals surface area contributed by atoms with Crippen molar-refractivity contribution in [2.45, 2.75) is 143 Å². The third kappa shape index (κ3) is 8.42. The number of hydrogen-bond donors (Lipinski definition) is 0. The summed E-state index contributed by atoms with van der Waals surface area (Å²) in [7, 11) is 0. The Kier molecular flexibility index (Phi) is 12.3. The van der Waals surface area contributed by atoms with Gasteiger partial charge >= 0.3 is 59.5 Å². The minimum atomic E-state index is 0. The summed E-state index contributed by atoms with van der Waals surface area (Å²) in [5.74, 6) is 3.17. The number of benzene rings is 2. The van der Waals surface area contributed by atoms with E-state index in [0.717, 1.165) is 24.2 Å². The molecule has 9 rings (SSSR count). The third-order valence-electron chi connectivity index (χ3n) is 12.2. The van der Waals surface area contributed by atoms with Crippen LogP contribution >= 0.6 is 0 Å². The van der Waals surface area contributed by atoms with Gasteiger partial charge in [-0.3, -0.25) is 6.08 Å². The second kappa shape index (κ2) is 14.8. The summed E-state index contributed by atoms with van der Waals surface area (Å²) in [6.45, 7) is 18.3. The Labute approximate surface area is 315 Å². The van der Waals surface area contributed by atoms with Crippen LogP contribution in [0.25, 0.3) is 11.1 Å². The molecule has 3 heteroatoms. The fourth-order valence-electron chi connectivity index (χ4n) is 9.88. The fourth-order valence-corrected chi connectivity index (χ4v) is 10.7. The van der Waals surface area contributed by atoms with Crippen LogP contribution in [0, 0.1) is 40.7 Å².